The summed E-state index contributed by atoms with van der Waals surface area (Å²) in [6.45, 7) is 6.26. The van der Waals surface area contributed by atoms with E-state index in [4.69, 9.17) is 9.47 Å². The number of carboxylic acids is 1. The number of nitrogens with one attached hydrogen (secondary N) is 1. The van der Waals surface area contributed by atoms with Gasteiger partial charge < -0.3 is 25.0 Å². The quantitative estimate of drug-likeness (QED) is 0.172. The molecule has 0 fully saturated rings. The molecule has 0 radical (unpaired) electrons. The van der Waals surface area contributed by atoms with Gasteiger partial charge in [-0.2, -0.15) is 0 Å². The summed E-state index contributed by atoms with van der Waals surface area (Å²) < 4.78 is 11.3. The number of ether oxygens (including phenoxy) is 2. The molecule has 9 nitrogen and oxygen atoms in total. The number of amides is 1. The first-order valence-electron chi connectivity index (χ1n) is 15.1. The van der Waals surface area contributed by atoms with Crippen LogP contribution in [0.1, 0.15) is 56.2 Å². The number of benzene rings is 3. The van der Waals surface area contributed by atoms with E-state index in [1.54, 1.807) is 31.2 Å². The monoisotopic (exact) mass is 610 g/mol. The molecule has 45 heavy (non-hydrogen) atoms. The third-order valence-corrected chi connectivity index (χ3v) is 8.22. The van der Waals surface area contributed by atoms with Gasteiger partial charge in [-0.05, 0) is 52.3 Å². The maximum Gasteiger partial charge on any atom is 0.407 e. The van der Waals surface area contributed by atoms with Gasteiger partial charge in [0, 0.05) is 30.9 Å². The molecule has 3 aromatic rings. The standard InChI is InChI=1S/C36H38N2O7/c1-22(33-31(39)19-36(2,3)20-32(33)40)37-16-17-44-24-14-12-23(13-15-24)18-30(34(41)42)38-35(43)45-21-29-27-10-6-4-8-25(27)26-9-5-7-11-28(26)29/h4-15,29-30,39H,16-21H2,1-3H3,(H,38,43)(H,41,42). The van der Waals surface area contributed by atoms with Crippen molar-refractivity contribution in [2.45, 2.75) is 52.0 Å². The van der Waals surface area contributed by atoms with E-state index in [9.17, 15) is 24.6 Å². The first-order valence-corrected chi connectivity index (χ1v) is 15.1. The number of rotatable bonds is 11. The van der Waals surface area contributed by atoms with Crippen LogP contribution in [0.3, 0.4) is 0 Å². The Morgan fingerprint density at radius 1 is 0.978 bits per heavy atom. The van der Waals surface area contributed by atoms with Gasteiger partial charge in [-0.15, -0.1) is 0 Å². The number of aliphatic imine (C=N–C) groups is 1. The lowest BCUT2D eigenvalue weighted by Crippen LogP contribution is -2.42. The van der Waals surface area contributed by atoms with Crippen LogP contribution in [0.2, 0.25) is 0 Å². The molecule has 9 heteroatoms. The number of carboxylic acid groups (broad SMARTS) is 1. The van der Waals surface area contributed by atoms with E-state index in [0.29, 0.717) is 42.0 Å². The topological polar surface area (TPSA) is 135 Å². The predicted octanol–water partition coefficient (Wildman–Crippen LogP) is 6.26. The molecule has 3 N–H and O–H groups in total. The van der Waals surface area contributed by atoms with Crippen LogP contribution in [0, 0.1) is 5.41 Å². The molecule has 0 spiro atoms. The van der Waals surface area contributed by atoms with Gasteiger partial charge in [0.05, 0.1) is 12.1 Å². The van der Waals surface area contributed by atoms with Crippen molar-refractivity contribution in [1.82, 2.24) is 5.32 Å². The van der Waals surface area contributed by atoms with Crippen LogP contribution in [-0.4, -0.2) is 59.6 Å². The number of fused-ring (bicyclic) bond motifs is 3. The summed E-state index contributed by atoms with van der Waals surface area (Å²) in [5.41, 5.74) is 5.60. The van der Waals surface area contributed by atoms with Gasteiger partial charge in [0.15, 0.2) is 5.78 Å². The second-order valence-electron chi connectivity index (χ2n) is 12.3. The van der Waals surface area contributed by atoms with Crippen LogP contribution in [0.4, 0.5) is 4.79 Å². The number of Topliss-reactive ketones (excluding diaryl/α,β-unsaturated/α-hetero) is 1. The minimum Gasteiger partial charge on any atom is -0.511 e. The lowest BCUT2D eigenvalue weighted by atomic mass is 9.76. The zero-order chi connectivity index (χ0) is 32.1. The van der Waals surface area contributed by atoms with E-state index in [-0.39, 0.29) is 42.5 Å². The summed E-state index contributed by atoms with van der Waals surface area (Å²) in [5, 5.41) is 22.6. The molecule has 2 aliphatic carbocycles. The van der Waals surface area contributed by atoms with Crippen LogP contribution in [0.25, 0.3) is 11.1 Å². The number of aliphatic hydroxyl groups is 1. The number of nitrogens with zero attached hydrogens (tertiary/aromatic N) is 1. The molecule has 1 atom stereocenters. The summed E-state index contributed by atoms with van der Waals surface area (Å²) in [4.78, 5) is 41.6. The van der Waals surface area contributed by atoms with Crippen molar-refractivity contribution in [2.24, 2.45) is 10.4 Å². The maximum atomic E-state index is 12.7. The highest BCUT2D eigenvalue weighted by molar-refractivity contribution is 6.22. The fourth-order valence-corrected chi connectivity index (χ4v) is 6.09. The highest BCUT2D eigenvalue weighted by Crippen LogP contribution is 2.44. The highest BCUT2D eigenvalue weighted by Gasteiger charge is 2.34. The van der Waals surface area contributed by atoms with Crippen LogP contribution in [-0.2, 0) is 20.7 Å². The molecule has 1 amide bonds. The summed E-state index contributed by atoms with van der Waals surface area (Å²) in [6.07, 6.45) is 0.0785. The van der Waals surface area contributed by atoms with E-state index in [1.165, 1.54) is 0 Å². The Morgan fingerprint density at radius 2 is 1.60 bits per heavy atom. The number of ketones is 1. The average Bonchev–Trinajstić information content (AvgIpc) is 3.31. The smallest absolute Gasteiger partial charge is 0.407 e. The van der Waals surface area contributed by atoms with Crippen molar-refractivity contribution < 1.29 is 34.1 Å². The van der Waals surface area contributed by atoms with E-state index in [1.807, 2.05) is 62.4 Å². The SMILES string of the molecule is CC(=NCCOc1ccc(CC(NC(=O)OCC2c3ccccc3-c3ccccc32)C(=O)O)cc1)C1=C(O)CC(C)(C)CC1=O. The number of hydrogen-bond donors (Lipinski definition) is 3. The molecule has 234 valence electrons. The second-order valence-corrected chi connectivity index (χ2v) is 12.3. The zero-order valence-electron chi connectivity index (χ0n) is 25.7. The van der Waals surface area contributed by atoms with E-state index >= 15 is 0 Å². The van der Waals surface area contributed by atoms with Gasteiger partial charge in [-0.3, -0.25) is 9.79 Å². The lowest BCUT2D eigenvalue weighted by Gasteiger charge is -2.29. The Labute approximate surface area is 262 Å². The molecule has 3 aromatic carbocycles. The number of hydrogen-bond acceptors (Lipinski definition) is 7. The van der Waals surface area contributed by atoms with Gasteiger partial charge >= 0.3 is 12.1 Å². The van der Waals surface area contributed by atoms with E-state index < -0.39 is 18.1 Å². The Kier molecular flexibility index (Phi) is 9.37. The summed E-state index contributed by atoms with van der Waals surface area (Å²) >= 11 is 0. The van der Waals surface area contributed by atoms with Gasteiger partial charge in [0.1, 0.15) is 30.8 Å². The van der Waals surface area contributed by atoms with Crippen molar-refractivity contribution >= 4 is 23.6 Å². The molecule has 0 heterocycles. The lowest BCUT2D eigenvalue weighted by molar-refractivity contribution is -0.139. The van der Waals surface area contributed by atoms with Crippen molar-refractivity contribution in [2.75, 3.05) is 19.8 Å². The largest absolute Gasteiger partial charge is 0.511 e. The minimum absolute atomic E-state index is 0.0622. The molecule has 0 saturated carbocycles. The van der Waals surface area contributed by atoms with Crippen molar-refractivity contribution in [1.29, 1.82) is 0 Å². The van der Waals surface area contributed by atoms with Gasteiger partial charge in [-0.25, -0.2) is 9.59 Å². The molecule has 2 aliphatic rings. The van der Waals surface area contributed by atoms with Crippen molar-refractivity contribution in [3.8, 4) is 16.9 Å². The van der Waals surface area contributed by atoms with Crippen LogP contribution in [0.15, 0.2) is 89.1 Å². The number of aliphatic carboxylic acids is 1. The number of carbonyl (C=O) groups excluding carboxylic acids is 2. The normalized spacial score (nSPS) is 16.5. The van der Waals surface area contributed by atoms with Crippen LogP contribution < -0.4 is 10.1 Å². The second kappa shape index (κ2) is 13.4. The summed E-state index contributed by atoms with van der Waals surface area (Å²) in [5.74, 6) is -0.741. The first-order chi connectivity index (χ1) is 21.5. The highest BCUT2D eigenvalue weighted by atomic mass is 16.5. The molecule has 0 aromatic heterocycles. The van der Waals surface area contributed by atoms with E-state index in [2.05, 4.69) is 10.3 Å². The molecule has 1 unspecified atom stereocenters. The Balaban J connectivity index is 1.11. The number of alkyl carbamates (subject to hydrolysis) is 1. The van der Waals surface area contributed by atoms with Gasteiger partial charge in [0.25, 0.3) is 0 Å². The van der Waals surface area contributed by atoms with Gasteiger partial charge in [0.2, 0.25) is 0 Å². The molecule has 0 bridgehead atoms. The molecule has 5 rings (SSSR count). The minimum atomic E-state index is -1.18. The molecular weight excluding hydrogens is 572 g/mol. The first kappa shape index (κ1) is 31.5. The Hall–Kier alpha value is -4.92. The third-order valence-electron chi connectivity index (χ3n) is 8.22. The predicted molar refractivity (Wildman–Crippen MR) is 171 cm³/mol. The third kappa shape index (κ3) is 7.42. The van der Waals surface area contributed by atoms with E-state index in [0.717, 1.165) is 22.3 Å². The van der Waals surface area contributed by atoms with Crippen molar-refractivity contribution in [3.63, 3.8) is 0 Å². The summed E-state index contributed by atoms with van der Waals surface area (Å²) in [6, 6.07) is 21.7. The molecule has 0 aliphatic heterocycles. The average molecular weight is 611 g/mol. The summed E-state index contributed by atoms with van der Waals surface area (Å²) in [7, 11) is 0. The van der Waals surface area contributed by atoms with Crippen LogP contribution >= 0.6 is 0 Å². The fourth-order valence-electron chi connectivity index (χ4n) is 6.09. The van der Waals surface area contributed by atoms with Gasteiger partial charge in [-0.1, -0.05) is 74.5 Å². The Morgan fingerprint density at radius 3 is 2.20 bits per heavy atom. The van der Waals surface area contributed by atoms with Crippen molar-refractivity contribution in [3.05, 3.63) is 101 Å². The fraction of sp³-hybridized carbons (Fsp3) is 0.333. The number of carbonyl (C=O) groups is 3. The molecule has 0 saturated heterocycles. The molecular formula is C36H38N2O7. The number of aliphatic hydroxyl groups excluding tert-OH is 1. The number of allylic oxidation sites excluding steroid dienone is 2. The zero-order valence-corrected chi connectivity index (χ0v) is 25.7. The maximum absolute atomic E-state index is 12.7. The van der Waals surface area contributed by atoms with Crippen LogP contribution in [0.5, 0.6) is 5.75 Å². The Bertz CT molecular complexity index is 1610.